The lowest BCUT2D eigenvalue weighted by atomic mass is 10.3. The number of nitrogens with zero attached hydrogens (tertiary/aromatic N) is 3. The number of hydrogen-bond donors (Lipinski definition) is 2. The van der Waals surface area contributed by atoms with Gasteiger partial charge in [-0.05, 0) is 31.7 Å². The maximum atomic E-state index is 12.0. The van der Waals surface area contributed by atoms with Crippen LogP contribution in [-0.4, -0.2) is 38.5 Å². The Morgan fingerprint density at radius 3 is 3.00 bits per heavy atom. The van der Waals surface area contributed by atoms with Gasteiger partial charge in [0.05, 0.1) is 5.25 Å². The van der Waals surface area contributed by atoms with Crippen LogP contribution in [0.5, 0.6) is 0 Å². The molecule has 0 aliphatic rings. The maximum Gasteiger partial charge on any atom is 0.321 e. The second kappa shape index (κ2) is 8.68. The number of carbonyl (C=O) groups excluding carboxylic acids is 2. The minimum absolute atomic E-state index is 0.353. The van der Waals surface area contributed by atoms with Crippen LogP contribution in [0.25, 0.3) is 0 Å². The molecule has 0 saturated heterocycles. The first-order chi connectivity index (χ1) is 11.1. The van der Waals surface area contributed by atoms with Crippen LogP contribution in [0, 0.1) is 0 Å². The van der Waals surface area contributed by atoms with Gasteiger partial charge in [0.1, 0.15) is 6.33 Å². The van der Waals surface area contributed by atoms with Crippen LogP contribution in [0.3, 0.4) is 0 Å². The summed E-state index contributed by atoms with van der Waals surface area (Å²) in [7, 11) is 0. The maximum absolute atomic E-state index is 12.0. The fourth-order valence-electron chi connectivity index (χ4n) is 1.80. The van der Waals surface area contributed by atoms with Crippen molar-refractivity contribution in [1.29, 1.82) is 0 Å². The molecule has 2 heterocycles. The number of carbonyl (C=O) groups is 2. The number of thiophene rings is 1. The molecule has 0 bridgehead atoms. The van der Waals surface area contributed by atoms with Gasteiger partial charge in [0.25, 0.3) is 0 Å². The van der Waals surface area contributed by atoms with Gasteiger partial charge in [-0.15, -0.1) is 21.5 Å². The fourth-order valence-corrected chi connectivity index (χ4v) is 3.35. The number of thioether (sulfide) groups is 1. The molecule has 1 atom stereocenters. The van der Waals surface area contributed by atoms with E-state index in [4.69, 9.17) is 0 Å². The van der Waals surface area contributed by atoms with Gasteiger partial charge in [-0.2, -0.15) is 0 Å². The summed E-state index contributed by atoms with van der Waals surface area (Å²) in [5, 5.41) is 15.1. The highest BCUT2D eigenvalue weighted by Crippen LogP contribution is 2.21. The van der Waals surface area contributed by atoms with Crippen molar-refractivity contribution in [2.75, 3.05) is 6.54 Å². The van der Waals surface area contributed by atoms with E-state index < -0.39 is 11.3 Å². The molecule has 9 heteroatoms. The fraction of sp³-hybridized carbons (Fsp3) is 0.429. The molecule has 0 aliphatic heterocycles. The largest absolute Gasteiger partial charge is 0.338 e. The molecule has 0 radical (unpaired) electrons. The lowest BCUT2D eigenvalue weighted by Crippen LogP contribution is -2.42. The third kappa shape index (κ3) is 5.36. The Morgan fingerprint density at radius 2 is 2.30 bits per heavy atom. The lowest BCUT2D eigenvalue weighted by molar-refractivity contribution is -0.119. The predicted octanol–water partition coefficient (Wildman–Crippen LogP) is 1.91. The van der Waals surface area contributed by atoms with Gasteiger partial charge < -0.3 is 9.88 Å². The monoisotopic (exact) mass is 353 g/mol. The second-order valence-corrected chi connectivity index (χ2v) is 7.09. The zero-order valence-electron chi connectivity index (χ0n) is 13.0. The first kappa shape index (κ1) is 17.5. The van der Waals surface area contributed by atoms with Gasteiger partial charge in [-0.1, -0.05) is 17.8 Å². The molecule has 0 fully saturated rings. The van der Waals surface area contributed by atoms with Crippen LogP contribution in [0.4, 0.5) is 4.79 Å². The number of aromatic nitrogens is 3. The zero-order valence-corrected chi connectivity index (χ0v) is 14.6. The van der Waals surface area contributed by atoms with Crippen molar-refractivity contribution in [3.63, 3.8) is 0 Å². The number of urea groups is 1. The van der Waals surface area contributed by atoms with Crippen LogP contribution >= 0.6 is 23.1 Å². The number of imide groups is 1. The van der Waals surface area contributed by atoms with Gasteiger partial charge in [0.2, 0.25) is 5.91 Å². The van der Waals surface area contributed by atoms with Gasteiger partial charge in [0.15, 0.2) is 5.16 Å². The molecule has 0 aromatic carbocycles. The summed E-state index contributed by atoms with van der Waals surface area (Å²) in [5.74, 6) is -0.353. The predicted molar refractivity (Wildman–Crippen MR) is 90.6 cm³/mol. The number of rotatable bonds is 7. The lowest BCUT2D eigenvalue weighted by Gasteiger charge is -2.11. The normalized spacial score (nSPS) is 11.9. The van der Waals surface area contributed by atoms with E-state index in [0.717, 1.165) is 13.0 Å². The average Bonchev–Trinajstić information content (AvgIpc) is 3.16. The molecular weight excluding hydrogens is 334 g/mol. The van der Waals surface area contributed by atoms with E-state index in [1.54, 1.807) is 31.5 Å². The molecule has 0 aliphatic carbocycles. The number of amides is 3. The Hall–Kier alpha value is -1.87. The Kier molecular flexibility index (Phi) is 6.60. The van der Waals surface area contributed by atoms with Gasteiger partial charge in [-0.3, -0.25) is 10.1 Å². The van der Waals surface area contributed by atoms with E-state index in [1.807, 2.05) is 16.0 Å². The van der Waals surface area contributed by atoms with E-state index >= 15 is 0 Å². The van der Waals surface area contributed by atoms with Crippen molar-refractivity contribution in [2.24, 2.45) is 0 Å². The molecular formula is C14H19N5O2S2. The number of aryl methyl sites for hydroxylation is 2. The van der Waals surface area contributed by atoms with E-state index in [0.29, 0.717) is 11.7 Å². The molecule has 124 valence electrons. The topological polar surface area (TPSA) is 88.9 Å². The third-order valence-electron chi connectivity index (χ3n) is 2.98. The molecule has 23 heavy (non-hydrogen) atoms. The SMILES string of the molecule is CCNC(=O)NC(=O)C(C)Sc1nncn1CCc1cccs1. The summed E-state index contributed by atoms with van der Waals surface area (Å²) in [4.78, 5) is 24.6. The van der Waals surface area contributed by atoms with Gasteiger partial charge >= 0.3 is 6.03 Å². The van der Waals surface area contributed by atoms with Crippen molar-refractivity contribution in [3.8, 4) is 0 Å². The second-order valence-electron chi connectivity index (χ2n) is 4.75. The number of hydrogen-bond acceptors (Lipinski definition) is 6. The van der Waals surface area contributed by atoms with E-state index in [-0.39, 0.29) is 5.91 Å². The van der Waals surface area contributed by atoms with Gasteiger partial charge in [0, 0.05) is 18.0 Å². The van der Waals surface area contributed by atoms with Crippen LogP contribution in [0.2, 0.25) is 0 Å². The van der Waals surface area contributed by atoms with Crippen molar-refractivity contribution in [3.05, 3.63) is 28.7 Å². The molecule has 2 aromatic rings. The highest BCUT2D eigenvalue weighted by molar-refractivity contribution is 8.00. The average molecular weight is 353 g/mol. The first-order valence-electron chi connectivity index (χ1n) is 7.25. The molecule has 1 unspecified atom stereocenters. The minimum atomic E-state index is -0.482. The molecule has 0 spiro atoms. The highest BCUT2D eigenvalue weighted by Gasteiger charge is 2.19. The van der Waals surface area contributed by atoms with Crippen LogP contribution in [-0.2, 0) is 17.8 Å². The summed E-state index contributed by atoms with van der Waals surface area (Å²) in [5.41, 5.74) is 0. The summed E-state index contributed by atoms with van der Waals surface area (Å²) >= 11 is 2.99. The van der Waals surface area contributed by atoms with Crippen molar-refractivity contribution in [2.45, 2.75) is 37.2 Å². The minimum Gasteiger partial charge on any atom is -0.338 e. The standard InChI is InChI=1S/C14H19N5O2S2/c1-3-15-13(21)17-12(20)10(2)23-14-18-16-9-19(14)7-6-11-5-4-8-22-11/h4-5,8-10H,3,6-7H2,1-2H3,(H2,15,17,20,21). The van der Waals surface area contributed by atoms with Gasteiger partial charge in [-0.25, -0.2) is 4.79 Å². The highest BCUT2D eigenvalue weighted by atomic mass is 32.2. The quantitative estimate of drug-likeness (QED) is 0.742. The molecule has 2 rings (SSSR count). The Balaban J connectivity index is 1.88. The van der Waals surface area contributed by atoms with Crippen molar-refractivity contribution in [1.82, 2.24) is 25.4 Å². The summed E-state index contributed by atoms with van der Waals surface area (Å²) < 4.78 is 1.92. The Labute approximate surface area is 142 Å². The molecule has 2 aromatic heterocycles. The van der Waals surface area contributed by atoms with Crippen LogP contribution < -0.4 is 10.6 Å². The smallest absolute Gasteiger partial charge is 0.321 e. The third-order valence-corrected chi connectivity index (χ3v) is 5.02. The summed E-state index contributed by atoms with van der Waals surface area (Å²) in [6.07, 6.45) is 2.55. The van der Waals surface area contributed by atoms with Crippen molar-refractivity contribution < 1.29 is 9.59 Å². The summed E-state index contributed by atoms with van der Waals surface area (Å²) in [6.45, 7) is 4.74. The van der Waals surface area contributed by atoms with E-state index in [1.165, 1.54) is 16.6 Å². The van der Waals surface area contributed by atoms with Crippen LogP contribution in [0.15, 0.2) is 29.0 Å². The summed E-state index contributed by atoms with van der Waals surface area (Å²) in [6, 6.07) is 3.63. The molecule has 0 saturated carbocycles. The zero-order chi connectivity index (χ0) is 16.7. The molecule has 2 N–H and O–H groups in total. The molecule has 3 amide bonds. The van der Waals surface area contributed by atoms with E-state index in [2.05, 4.69) is 26.9 Å². The van der Waals surface area contributed by atoms with E-state index in [9.17, 15) is 9.59 Å². The molecule has 7 nitrogen and oxygen atoms in total. The Morgan fingerprint density at radius 1 is 1.48 bits per heavy atom. The Bertz CT molecular complexity index is 641. The first-order valence-corrected chi connectivity index (χ1v) is 9.01. The number of nitrogens with one attached hydrogen (secondary N) is 2. The van der Waals surface area contributed by atoms with Crippen LogP contribution in [0.1, 0.15) is 18.7 Å². The van der Waals surface area contributed by atoms with Crippen molar-refractivity contribution >= 4 is 35.0 Å².